The van der Waals surface area contributed by atoms with Crippen LogP contribution in [0.5, 0.6) is 0 Å². The van der Waals surface area contributed by atoms with Crippen LogP contribution in [-0.2, 0) is 16.7 Å². The second kappa shape index (κ2) is 9.92. The molecule has 0 atom stereocenters. The maximum atomic E-state index is 12.9. The number of aromatic nitrogens is 1. The topological polar surface area (TPSA) is 71.1 Å². The van der Waals surface area contributed by atoms with Crippen LogP contribution in [0.15, 0.2) is 53.9 Å². The zero-order chi connectivity index (χ0) is 22.4. The highest BCUT2D eigenvalue weighted by molar-refractivity contribution is 7.99. The quantitative estimate of drug-likeness (QED) is 0.453. The van der Waals surface area contributed by atoms with Crippen molar-refractivity contribution in [1.29, 1.82) is 0 Å². The third kappa shape index (κ3) is 6.79. The van der Waals surface area contributed by atoms with Gasteiger partial charge in [-0.1, -0.05) is 0 Å². The van der Waals surface area contributed by atoms with E-state index in [0.717, 1.165) is 24.3 Å². The van der Waals surface area contributed by atoms with Crippen molar-refractivity contribution in [3.8, 4) is 0 Å². The number of benzene rings is 2. The van der Waals surface area contributed by atoms with Crippen molar-refractivity contribution in [2.75, 3.05) is 16.4 Å². The van der Waals surface area contributed by atoms with Crippen LogP contribution in [-0.4, -0.2) is 22.6 Å². The standard InChI is InChI=1S/C20H15F4N3O2S2/c21-14-5-7-15(8-6-14)25-17(28)11-30-9-16-10-31-19(26-16)27-18(29)12-1-3-13(4-2-12)20(22,23)24/h1-8,10H,9,11H2,(H,25,28)(H,26,27,29). The first-order valence-corrected chi connectivity index (χ1v) is 10.8. The fourth-order valence-electron chi connectivity index (χ4n) is 2.39. The van der Waals surface area contributed by atoms with Gasteiger partial charge in [0.2, 0.25) is 5.91 Å². The molecule has 0 aliphatic rings. The molecule has 0 radical (unpaired) electrons. The number of amides is 2. The average molecular weight is 469 g/mol. The van der Waals surface area contributed by atoms with Crippen molar-refractivity contribution in [3.05, 3.63) is 76.5 Å². The Labute approximate surface area is 182 Å². The third-order valence-electron chi connectivity index (χ3n) is 3.86. The van der Waals surface area contributed by atoms with Gasteiger partial charge in [-0.05, 0) is 48.5 Å². The molecule has 3 aromatic rings. The van der Waals surface area contributed by atoms with Crippen molar-refractivity contribution < 1.29 is 27.2 Å². The Morgan fingerprint density at radius 3 is 2.32 bits per heavy atom. The lowest BCUT2D eigenvalue weighted by Gasteiger charge is -2.07. The fraction of sp³-hybridized carbons (Fsp3) is 0.150. The molecule has 2 aromatic carbocycles. The maximum absolute atomic E-state index is 12.9. The number of carbonyl (C=O) groups is 2. The Morgan fingerprint density at radius 2 is 1.68 bits per heavy atom. The van der Waals surface area contributed by atoms with E-state index in [1.807, 2.05) is 0 Å². The van der Waals surface area contributed by atoms with E-state index in [9.17, 15) is 27.2 Å². The summed E-state index contributed by atoms with van der Waals surface area (Å²) in [5.74, 6) is -0.633. The Morgan fingerprint density at radius 1 is 1.00 bits per heavy atom. The highest BCUT2D eigenvalue weighted by atomic mass is 32.2. The number of nitrogens with zero attached hydrogens (tertiary/aromatic N) is 1. The van der Waals surface area contributed by atoms with E-state index in [0.29, 0.717) is 22.3 Å². The predicted molar refractivity (Wildman–Crippen MR) is 113 cm³/mol. The molecule has 5 nitrogen and oxygen atoms in total. The molecule has 2 amide bonds. The number of halogens is 4. The van der Waals surface area contributed by atoms with Gasteiger partial charge in [0.1, 0.15) is 5.82 Å². The summed E-state index contributed by atoms with van der Waals surface area (Å²) in [6.45, 7) is 0. The second-order valence-electron chi connectivity index (χ2n) is 6.22. The summed E-state index contributed by atoms with van der Waals surface area (Å²) in [6.07, 6.45) is -4.47. The second-order valence-corrected chi connectivity index (χ2v) is 8.06. The molecule has 1 heterocycles. The molecule has 0 fully saturated rings. The minimum Gasteiger partial charge on any atom is -0.325 e. The molecule has 1 aromatic heterocycles. The minimum absolute atomic E-state index is 0.0802. The fourth-order valence-corrected chi connectivity index (χ4v) is 3.92. The van der Waals surface area contributed by atoms with Crippen molar-refractivity contribution in [2.45, 2.75) is 11.9 Å². The van der Waals surface area contributed by atoms with Crippen LogP contribution >= 0.6 is 23.1 Å². The lowest BCUT2D eigenvalue weighted by Crippen LogP contribution is -2.14. The van der Waals surface area contributed by atoms with Gasteiger partial charge < -0.3 is 5.32 Å². The normalized spacial score (nSPS) is 11.2. The van der Waals surface area contributed by atoms with Gasteiger partial charge in [0, 0.05) is 22.4 Å². The lowest BCUT2D eigenvalue weighted by molar-refractivity contribution is -0.137. The molecule has 0 aliphatic heterocycles. The highest BCUT2D eigenvalue weighted by Gasteiger charge is 2.30. The number of thiazole rings is 1. The van der Waals surface area contributed by atoms with E-state index in [-0.39, 0.29) is 17.2 Å². The number of hydrogen-bond donors (Lipinski definition) is 2. The first-order valence-electron chi connectivity index (χ1n) is 8.77. The number of rotatable bonds is 7. The monoisotopic (exact) mass is 469 g/mol. The van der Waals surface area contributed by atoms with Gasteiger partial charge in [-0.15, -0.1) is 23.1 Å². The summed E-state index contributed by atoms with van der Waals surface area (Å²) < 4.78 is 50.6. The molecule has 0 aliphatic carbocycles. The Hall–Kier alpha value is -2.92. The summed E-state index contributed by atoms with van der Waals surface area (Å²) >= 11 is 2.48. The zero-order valence-electron chi connectivity index (χ0n) is 15.7. The van der Waals surface area contributed by atoms with Gasteiger partial charge in [-0.3, -0.25) is 14.9 Å². The Bertz CT molecular complexity index is 1050. The molecule has 0 bridgehead atoms. The smallest absolute Gasteiger partial charge is 0.325 e. The lowest BCUT2D eigenvalue weighted by atomic mass is 10.1. The highest BCUT2D eigenvalue weighted by Crippen LogP contribution is 2.29. The summed E-state index contributed by atoms with van der Waals surface area (Å²) in [7, 11) is 0. The first kappa shape index (κ1) is 22.8. The van der Waals surface area contributed by atoms with E-state index in [1.54, 1.807) is 5.38 Å². The molecule has 11 heteroatoms. The molecule has 2 N–H and O–H groups in total. The van der Waals surface area contributed by atoms with Gasteiger partial charge in [-0.25, -0.2) is 9.37 Å². The van der Waals surface area contributed by atoms with Gasteiger partial charge in [0.05, 0.1) is 17.0 Å². The van der Waals surface area contributed by atoms with E-state index in [4.69, 9.17) is 0 Å². The Kier molecular flexibility index (Phi) is 7.29. The van der Waals surface area contributed by atoms with Gasteiger partial charge in [-0.2, -0.15) is 13.2 Å². The van der Waals surface area contributed by atoms with Gasteiger partial charge >= 0.3 is 6.18 Å². The maximum Gasteiger partial charge on any atom is 0.416 e. The van der Waals surface area contributed by atoms with Crippen molar-refractivity contribution >= 4 is 45.7 Å². The summed E-state index contributed by atoms with van der Waals surface area (Å²) in [5.41, 5.74) is 0.388. The van der Waals surface area contributed by atoms with Crippen LogP contribution in [0.3, 0.4) is 0 Å². The first-order chi connectivity index (χ1) is 14.7. The van der Waals surface area contributed by atoms with Crippen LogP contribution in [0, 0.1) is 5.82 Å². The van der Waals surface area contributed by atoms with Crippen molar-refractivity contribution in [2.24, 2.45) is 0 Å². The summed E-state index contributed by atoms with van der Waals surface area (Å²) in [6, 6.07) is 9.31. The number of alkyl halides is 3. The number of anilines is 2. The summed E-state index contributed by atoms with van der Waals surface area (Å²) in [4.78, 5) is 28.3. The number of carbonyl (C=O) groups excluding carboxylic acids is 2. The largest absolute Gasteiger partial charge is 0.416 e. The van der Waals surface area contributed by atoms with Crippen LogP contribution in [0.1, 0.15) is 21.6 Å². The molecule has 0 unspecified atom stereocenters. The van der Waals surface area contributed by atoms with Crippen LogP contribution in [0.25, 0.3) is 0 Å². The number of hydrogen-bond acceptors (Lipinski definition) is 5. The van der Waals surface area contributed by atoms with Crippen molar-refractivity contribution in [3.63, 3.8) is 0 Å². The average Bonchev–Trinajstić information content (AvgIpc) is 3.16. The predicted octanol–water partition coefficient (Wildman–Crippen LogP) is 5.43. The van der Waals surface area contributed by atoms with E-state index in [2.05, 4.69) is 15.6 Å². The van der Waals surface area contributed by atoms with Gasteiger partial charge in [0.25, 0.3) is 5.91 Å². The van der Waals surface area contributed by atoms with E-state index >= 15 is 0 Å². The van der Waals surface area contributed by atoms with E-state index < -0.39 is 23.5 Å². The number of thioether (sulfide) groups is 1. The zero-order valence-corrected chi connectivity index (χ0v) is 17.3. The minimum atomic E-state index is -4.47. The van der Waals surface area contributed by atoms with Crippen LogP contribution in [0.4, 0.5) is 28.4 Å². The number of nitrogens with one attached hydrogen (secondary N) is 2. The SMILES string of the molecule is O=C(CSCc1csc(NC(=O)c2ccc(C(F)(F)F)cc2)n1)Nc1ccc(F)cc1. The molecule has 0 saturated carbocycles. The van der Waals surface area contributed by atoms with Crippen LogP contribution in [0.2, 0.25) is 0 Å². The molecule has 3 rings (SSSR count). The molecule has 0 spiro atoms. The van der Waals surface area contributed by atoms with Gasteiger partial charge in [0.15, 0.2) is 5.13 Å². The van der Waals surface area contributed by atoms with E-state index in [1.165, 1.54) is 47.4 Å². The molecule has 0 saturated heterocycles. The van der Waals surface area contributed by atoms with Crippen LogP contribution < -0.4 is 10.6 Å². The van der Waals surface area contributed by atoms with Crippen molar-refractivity contribution in [1.82, 2.24) is 4.98 Å². The molecular formula is C20H15F4N3O2S2. The summed E-state index contributed by atoms with van der Waals surface area (Å²) in [5, 5.41) is 7.21. The third-order valence-corrected chi connectivity index (χ3v) is 5.63. The molecule has 31 heavy (non-hydrogen) atoms. The molecular weight excluding hydrogens is 454 g/mol. The Balaban J connectivity index is 1.46. The molecule has 162 valence electrons.